The molecule has 1 heterocycles. The molecule has 1 saturated carbocycles. The summed E-state index contributed by atoms with van der Waals surface area (Å²) in [6.07, 6.45) is 17.5. The fraction of sp³-hybridized carbons (Fsp3) is 0.941. The van der Waals surface area contributed by atoms with Crippen molar-refractivity contribution in [2.45, 2.75) is 96.0 Å². The molecule has 0 aromatic carbocycles. The summed E-state index contributed by atoms with van der Waals surface area (Å²) >= 11 is 0. The Morgan fingerprint density at radius 2 is 1.21 bits per heavy atom. The maximum Gasteiger partial charge on any atom is 0.306 e. The Balaban J connectivity index is 1.84. The van der Waals surface area contributed by atoms with Gasteiger partial charge in [0.1, 0.15) is 6.10 Å². The van der Waals surface area contributed by atoms with Crippen molar-refractivity contribution in [1.29, 1.82) is 0 Å². The maximum absolute atomic E-state index is 11.9. The van der Waals surface area contributed by atoms with Crippen LogP contribution in [0.5, 0.6) is 0 Å². The summed E-state index contributed by atoms with van der Waals surface area (Å²) < 4.78 is 5.76. The molecule has 2 atom stereocenters. The number of ether oxygens (including phenoxy) is 1. The highest BCUT2D eigenvalue weighted by Crippen LogP contribution is 2.31. The van der Waals surface area contributed by atoms with E-state index in [0.717, 1.165) is 12.8 Å². The second-order valence-electron chi connectivity index (χ2n) is 6.44. The first-order valence-electron chi connectivity index (χ1n) is 8.56. The molecule has 0 N–H and O–H groups in total. The zero-order valence-corrected chi connectivity index (χ0v) is 12.4. The number of carbonyl (C=O) groups is 1. The molecule has 110 valence electrons. The van der Waals surface area contributed by atoms with Gasteiger partial charge in [0.2, 0.25) is 0 Å². The highest BCUT2D eigenvalue weighted by Gasteiger charge is 2.27. The third-order valence-electron chi connectivity index (χ3n) is 4.83. The largest absolute Gasteiger partial charge is 0.462 e. The Bertz CT molecular complexity index is 262. The van der Waals surface area contributed by atoms with Crippen LogP contribution in [0.1, 0.15) is 89.9 Å². The molecule has 0 spiro atoms. The average Bonchev–Trinajstić information content (AvgIpc) is 2.42. The van der Waals surface area contributed by atoms with Crippen molar-refractivity contribution in [3.05, 3.63) is 0 Å². The highest BCUT2D eigenvalue weighted by atomic mass is 16.5. The van der Waals surface area contributed by atoms with E-state index in [0.29, 0.717) is 12.3 Å². The molecule has 0 unspecified atom stereocenters. The molecule has 2 nitrogen and oxygen atoms in total. The SMILES string of the molecule is O=C1CCCCCCCCCC[C@@H]2CCCC[C@@H]2O1. The molecule has 1 aliphatic carbocycles. The average molecular weight is 266 g/mol. The monoisotopic (exact) mass is 266 g/mol. The lowest BCUT2D eigenvalue weighted by Gasteiger charge is -2.31. The Hall–Kier alpha value is -0.530. The van der Waals surface area contributed by atoms with E-state index in [-0.39, 0.29) is 12.1 Å². The minimum Gasteiger partial charge on any atom is -0.462 e. The van der Waals surface area contributed by atoms with Gasteiger partial charge in [-0.25, -0.2) is 0 Å². The molecule has 0 radical (unpaired) electrons. The van der Waals surface area contributed by atoms with E-state index in [2.05, 4.69) is 0 Å². The second kappa shape index (κ2) is 8.60. The fourth-order valence-corrected chi connectivity index (χ4v) is 3.62. The van der Waals surface area contributed by atoms with Crippen LogP contribution >= 0.6 is 0 Å². The van der Waals surface area contributed by atoms with Crippen LogP contribution in [0.2, 0.25) is 0 Å². The summed E-state index contributed by atoms with van der Waals surface area (Å²) in [7, 11) is 0. The third-order valence-corrected chi connectivity index (χ3v) is 4.83. The first kappa shape index (κ1) is 14.9. The number of fused-ring (bicyclic) bond motifs is 1. The first-order chi connectivity index (χ1) is 9.36. The van der Waals surface area contributed by atoms with Gasteiger partial charge >= 0.3 is 5.97 Å². The summed E-state index contributed by atoms with van der Waals surface area (Å²) in [4.78, 5) is 11.9. The molecule has 0 amide bonds. The summed E-state index contributed by atoms with van der Waals surface area (Å²) in [5, 5.41) is 0. The van der Waals surface area contributed by atoms with Gasteiger partial charge in [0, 0.05) is 6.42 Å². The quantitative estimate of drug-likeness (QED) is 0.576. The zero-order valence-electron chi connectivity index (χ0n) is 12.4. The summed E-state index contributed by atoms with van der Waals surface area (Å²) in [5.74, 6) is 0.717. The van der Waals surface area contributed by atoms with E-state index >= 15 is 0 Å². The number of rotatable bonds is 0. The molecular weight excluding hydrogens is 236 g/mol. The van der Waals surface area contributed by atoms with Gasteiger partial charge in [-0.05, 0) is 38.0 Å². The molecule has 0 aromatic heterocycles. The van der Waals surface area contributed by atoms with E-state index in [1.807, 2.05) is 0 Å². The molecule has 1 saturated heterocycles. The molecule has 2 heteroatoms. The molecular formula is C17H30O2. The van der Waals surface area contributed by atoms with E-state index in [4.69, 9.17) is 4.74 Å². The van der Waals surface area contributed by atoms with Crippen LogP contribution in [0, 0.1) is 5.92 Å². The van der Waals surface area contributed by atoms with Crippen molar-refractivity contribution < 1.29 is 9.53 Å². The Kier molecular flexibility index (Phi) is 6.73. The van der Waals surface area contributed by atoms with Gasteiger partial charge in [0.15, 0.2) is 0 Å². The van der Waals surface area contributed by atoms with Gasteiger partial charge in [-0.2, -0.15) is 0 Å². The second-order valence-corrected chi connectivity index (χ2v) is 6.44. The third kappa shape index (κ3) is 5.54. The highest BCUT2D eigenvalue weighted by molar-refractivity contribution is 5.69. The van der Waals surface area contributed by atoms with Crippen LogP contribution in [0.4, 0.5) is 0 Å². The normalized spacial score (nSPS) is 31.9. The Morgan fingerprint density at radius 1 is 0.684 bits per heavy atom. The van der Waals surface area contributed by atoms with Crippen LogP contribution in [-0.4, -0.2) is 12.1 Å². The van der Waals surface area contributed by atoms with Gasteiger partial charge in [-0.3, -0.25) is 4.79 Å². The topological polar surface area (TPSA) is 26.3 Å². The van der Waals surface area contributed by atoms with Crippen molar-refractivity contribution in [1.82, 2.24) is 0 Å². The molecule has 0 bridgehead atoms. The van der Waals surface area contributed by atoms with E-state index in [1.165, 1.54) is 70.6 Å². The maximum atomic E-state index is 11.9. The smallest absolute Gasteiger partial charge is 0.306 e. The van der Waals surface area contributed by atoms with E-state index in [9.17, 15) is 4.79 Å². The molecule has 2 rings (SSSR count). The van der Waals surface area contributed by atoms with Crippen molar-refractivity contribution in [2.24, 2.45) is 5.92 Å². The van der Waals surface area contributed by atoms with Crippen LogP contribution in [-0.2, 0) is 9.53 Å². The molecule has 1 aliphatic heterocycles. The number of carbonyl (C=O) groups excluding carboxylic acids is 1. The number of hydrogen-bond donors (Lipinski definition) is 0. The van der Waals surface area contributed by atoms with Crippen molar-refractivity contribution in [3.63, 3.8) is 0 Å². The van der Waals surface area contributed by atoms with E-state index in [1.54, 1.807) is 0 Å². The van der Waals surface area contributed by atoms with Gasteiger partial charge in [0.05, 0.1) is 0 Å². The van der Waals surface area contributed by atoms with Gasteiger partial charge in [-0.1, -0.05) is 51.4 Å². The molecule has 19 heavy (non-hydrogen) atoms. The van der Waals surface area contributed by atoms with Crippen LogP contribution in [0.3, 0.4) is 0 Å². The summed E-state index contributed by atoms with van der Waals surface area (Å²) in [6.45, 7) is 0. The summed E-state index contributed by atoms with van der Waals surface area (Å²) in [5.41, 5.74) is 0. The zero-order chi connectivity index (χ0) is 13.3. The molecule has 0 aromatic rings. The van der Waals surface area contributed by atoms with Gasteiger partial charge in [-0.15, -0.1) is 0 Å². The molecule has 2 fully saturated rings. The minimum atomic E-state index is 0.0639. The predicted octanol–water partition coefficient (Wildman–Crippen LogP) is 5.00. The van der Waals surface area contributed by atoms with Crippen LogP contribution < -0.4 is 0 Å². The van der Waals surface area contributed by atoms with Gasteiger partial charge in [0.25, 0.3) is 0 Å². The van der Waals surface area contributed by atoms with Crippen LogP contribution in [0.15, 0.2) is 0 Å². The van der Waals surface area contributed by atoms with Crippen molar-refractivity contribution in [2.75, 3.05) is 0 Å². The van der Waals surface area contributed by atoms with E-state index < -0.39 is 0 Å². The number of hydrogen-bond acceptors (Lipinski definition) is 2. The standard InChI is InChI=1S/C17H30O2/c18-17-14-8-6-4-2-1-3-5-7-11-15-12-9-10-13-16(15)19-17/h15-16H,1-14H2/t15-,16+/m1/s1. The van der Waals surface area contributed by atoms with Crippen LogP contribution in [0.25, 0.3) is 0 Å². The van der Waals surface area contributed by atoms with Crippen molar-refractivity contribution in [3.8, 4) is 0 Å². The lowest BCUT2D eigenvalue weighted by Crippen LogP contribution is -2.30. The lowest BCUT2D eigenvalue weighted by atomic mass is 9.83. The van der Waals surface area contributed by atoms with Gasteiger partial charge < -0.3 is 4.74 Å². The fourth-order valence-electron chi connectivity index (χ4n) is 3.62. The minimum absolute atomic E-state index is 0.0639. The predicted molar refractivity (Wildman–Crippen MR) is 78.0 cm³/mol. The summed E-state index contributed by atoms with van der Waals surface area (Å²) in [6, 6.07) is 0. The van der Waals surface area contributed by atoms with Crippen molar-refractivity contribution >= 4 is 5.97 Å². The molecule has 2 aliphatic rings. The Labute approximate surface area is 118 Å². The Morgan fingerprint density at radius 3 is 1.95 bits per heavy atom. The first-order valence-corrected chi connectivity index (χ1v) is 8.56. The number of esters is 1. The lowest BCUT2D eigenvalue weighted by molar-refractivity contribution is -0.154.